The number of anilines is 2. The Morgan fingerprint density at radius 3 is 2.44 bits per heavy atom. The zero-order valence-electron chi connectivity index (χ0n) is 14.1. The van der Waals surface area contributed by atoms with E-state index in [2.05, 4.69) is 55.5 Å². The number of hydrogen-bond acceptors (Lipinski definition) is 5. The first-order valence-corrected chi connectivity index (χ1v) is 8.67. The fraction of sp³-hybridized carbons (Fsp3) is 0.250. The number of benzene rings is 1. The summed E-state index contributed by atoms with van der Waals surface area (Å²) in [6.07, 6.45) is 5.62. The molecule has 5 heteroatoms. The molecule has 0 atom stereocenters. The van der Waals surface area contributed by atoms with Crippen LogP contribution >= 0.6 is 0 Å². The van der Waals surface area contributed by atoms with Crippen LogP contribution in [0.3, 0.4) is 0 Å². The second-order valence-corrected chi connectivity index (χ2v) is 6.21. The van der Waals surface area contributed by atoms with Gasteiger partial charge in [0.25, 0.3) is 0 Å². The average Bonchev–Trinajstić information content (AvgIpc) is 3.11. The molecule has 0 spiro atoms. The molecule has 2 aromatic heterocycles. The van der Waals surface area contributed by atoms with Gasteiger partial charge in [0.1, 0.15) is 5.82 Å². The quantitative estimate of drug-likeness (QED) is 0.701. The van der Waals surface area contributed by atoms with Crippen molar-refractivity contribution in [2.24, 2.45) is 0 Å². The summed E-state index contributed by atoms with van der Waals surface area (Å²) in [6.45, 7) is 2.65. The Bertz CT molecular complexity index is 809. The molecular weight excluding hydrogens is 310 g/mol. The second kappa shape index (κ2) is 7.30. The Morgan fingerprint density at radius 2 is 1.68 bits per heavy atom. The first-order chi connectivity index (χ1) is 12.4. The van der Waals surface area contributed by atoms with E-state index in [-0.39, 0.29) is 0 Å². The monoisotopic (exact) mass is 331 g/mol. The predicted molar refractivity (Wildman–Crippen MR) is 99.4 cm³/mol. The molecule has 1 aromatic carbocycles. The lowest BCUT2D eigenvalue weighted by atomic mass is 10.1. The van der Waals surface area contributed by atoms with Crippen LogP contribution in [0.4, 0.5) is 11.8 Å². The van der Waals surface area contributed by atoms with Crippen molar-refractivity contribution < 1.29 is 0 Å². The first-order valence-electron chi connectivity index (χ1n) is 8.67. The highest BCUT2D eigenvalue weighted by Gasteiger charge is 2.19. The van der Waals surface area contributed by atoms with Gasteiger partial charge in [0.15, 0.2) is 0 Å². The maximum atomic E-state index is 4.67. The Labute approximate surface area is 147 Å². The van der Waals surface area contributed by atoms with E-state index in [0.29, 0.717) is 5.95 Å². The number of fused-ring (bicyclic) bond motifs is 1. The molecule has 1 aliphatic heterocycles. The van der Waals surface area contributed by atoms with Crippen LogP contribution in [-0.2, 0) is 19.5 Å². The molecule has 0 saturated carbocycles. The number of hydrogen-bond donors (Lipinski definition) is 1. The highest BCUT2D eigenvalue weighted by Crippen LogP contribution is 2.26. The van der Waals surface area contributed by atoms with Gasteiger partial charge >= 0.3 is 0 Å². The van der Waals surface area contributed by atoms with Crippen molar-refractivity contribution in [3.63, 3.8) is 0 Å². The van der Waals surface area contributed by atoms with Gasteiger partial charge in [-0.15, -0.1) is 0 Å². The summed E-state index contributed by atoms with van der Waals surface area (Å²) < 4.78 is 0. The Hall–Kier alpha value is -2.95. The van der Waals surface area contributed by atoms with Crippen LogP contribution < -0.4 is 10.2 Å². The number of nitrogens with zero attached hydrogens (tertiary/aromatic N) is 4. The van der Waals surface area contributed by atoms with Gasteiger partial charge in [-0.05, 0) is 42.2 Å². The van der Waals surface area contributed by atoms with Crippen LogP contribution in [0.1, 0.15) is 23.2 Å². The largest absolute Gasteiger partial charge is 0.354 e. The summed E-state index contributed by atoms with van der Waals surface area (Å²) >= 11 is 0. The fourth-order valence-corrected chi connectivity index (χ4v) is 3.12. The predicted octanol–water partition coefficient (Wildman–Crippen LogP) is 3.44. The summed E-state index contributed by atoms with van der Waals surface area (Å²) in [4.78, 5) is 15.6. The summed E-state index contributed by atoms with van der Waals surface area (Å²) in [7, 11) is 0. The van der Waals surface area contributed by atoms with Gasteiger partial charge in [0.05, 0.1) is 0 Å². The molecule has 0 bridgehead atoms. The van der Waals surface area contributed by atoms with Gasteiger partial charge in [-0.1, -0.05) is 30.3 Å². The molecule has 0 unspecified atom stereocenters. The van der Waals surface area contributed by atoms with E-state index in [1.54, 1.807) is 0 Å². The van der Waals surface area contributed by atoms with E-state index < -0.39 is 0 Å². The Balaban J connectivity index is 1.33. The van der Waals surface area contributed by atoms with E-state index >= 15 is 0 Å². The first kappa shape index (κ1) is 15.6. The molecule has 5 nitrogen and oxygen atoms in total. The molecule has 0 saturated heterocycles. The van der Waals surface area contributed by atoms with Crippen LogP contribution in [0.15, 0.2) is 60.9 Å². The van der Waals surface area contributed by atoms with E-state index in [0.717, 1.165) is 44.0 Å². The zero-order valence-corrected chi connectivity index (χ0v) is 14.1. The van der Waals surface area contributed by atoms with Crippen LogP contribution in [0.25, 0.3) is 0 Å². The van der Waals surface area contributed by atoms with Crippen molar-refractivity contribution in [1.82, 2.24) is 15.0 Å². The zero-order chi connectivity index (χ0) is 16.9. The second-order valence-electron chi connectivity index (χ2n) is 6.21. The number of pyridine rings is 1. The molecule has 0 aliphatic carbocycles. The van der Waals surface area contributed by atoms with Crippen molar-refractivity contribution in [2.75, 3.05) is 16.8 Å². The molecule has 1 aliphatic rings. The summed E-state index contributed by atoms with van der Waals surface area (Å²) in [5.41, 5.74) is 3.88. The van der Waals surface area contributed by atoms with Gasteiger partial charge < -0.3 is 10.2 Å². The van der Waals surface area contributed by atoms with Crippen molar-refractivity contribution in [3.8, 4) is 0 Å². The number of aromatic nitrogens is 3. The summed E-state index contributed by atoms with van der Waals surface area (Å²) in [5.74, 6) is 1.66. The summed E-state index contributed by atoms with van der Waals surface area (Å²) in [6, 6.07) is 16.6. The van der Waals surface area contributed by atoms with Crippen LogP contribution in [0, 0.1) is 0 Å². The van der Waals surface area contributed by atoms with Gasteiger partial charge in [-0.3, -0.25) is 4.98 Å². The van der Waals surface area contributed by atoms with Gasteiger partial charge in [0.2, 0.25) is 5.95 Å². The molecule has 0 amide bonds. The lowest BCUT2D eigenvalue weighted by molar-refractivity contribution is 0.820. The fourth-order valence-electron chi connectivity index (χ4n) is 3.12. The minimum atomic E-state index is 0.689. The Morgan fingerprint density at radius 1 is 0.880 bits per heavy atom. The number of rotatable bonds is 6. The third-order valence-corrected chi connectivity index (χ3v) is 4.42. The van der Waals surface area contributed by atoms with Crippen LogP contribution in [0.2, 0.25) is 0 Å². The van der Waals surface area contributed by atoms with Crippen LogP contribution in [-0.4, -0.2) is 21.5 Å². The minimum absolute atomic E-state index is 0.689. The molecule has 1 N–H and O–H groups in total. The molecule has 3 heterocycles. The van der Waals surface area contributed by atoms with Gasteiger partial charge in [-0.25, -0.2) is 4.98 Å². The number of aryl methyl sites for hydroxylation is 1. The standard InChI is InChI=1S/C20H21N5/c1-2-7-17-15-25(14-16(17)6-1)19-10-13-23-20(24-19)22-12-5-9-18-8-3-4-11-21-18/h1-4,6-8,10-11,13H,5,9,12,14-15H2,(H,22,23,24). The van der Waals surface area contributed by atoms with Crippen molar-refractivity contribution in [1.29, 1.82) is 0 Å². The molecule has 3 aromatic rings. The van der Waals surface area contributed by atoms with E-state index in [9.17, 15) is 0 Å². The highest BCUT2D eigenvalue weighted by atomic mass is 15.2. The van der Waals surface area contributed by atoms with Crippen molar-refractivity contribution in [2.45, 2.75) is 25.9 Å². The average molecular weight is 331 g/mol. The lowest BCUT2D eigenvalue weighted by Crippen LogP contribution is -2.17. The molecular formula is C20H21N5. The van der Waals surface area contributed by atoms with Crippen LogP contribution in [0.5, 0.6) is 0 Å². The smallest absolute Gasteiger partial charge is 0.224 e. The molecule has 4 rings (SSSR count). The highest BCUT2D eigenvalue weighted by molar-refractivity contribution is 5.48. The van der Waals surface area contributed by atoms with Crippen molar-refractivity contribution in [3.05, 3.63) is 77.7 Å². The minimum Gasteiger partial charge on any atom is -0.354 e. The van der Waals surface area contributed by atoms with Crippen molar-refractivity contribution >= 4 is 11.8 Å². The van der Waals surface area contributed by atoms with E-state index in [4.69, 9.17) is 0 Å². The Kier molecular flexibility index (Phi) is 4.55. The van der Waals surface area contributed by atoms with Gasteiger partial charge in [-0.2, -0.15) is 4.98 Å². The van der Waals surface area contributed by atoms with E-state index in [1.165, 1.54) is 11.1 Å². The van der Waals surface area contributed by atoms with E-state index in [1.807, 2.05) is 30.6 Å². The van der Waals surface area contributed by atoms with Gasteiger partial charge in [0, 0.05) is 37.7 Å². The molecule has 126 valence electrons. The normalized spacial score (nSPS) is 12.9. The summed E-state index contributed by atoms with van der Waals surface area (Å²) in [5, 5.41) is 3.32. The molecule has 25 heavy (non-hydrogen) atoms. The topological polar surface area (TPSA) is 53.9 Å². The maximum absolute atomic E-state index is 4.67. The third kappa shape index (κ3) is 3.76. The lowest BCUT2D eigenvalue weighted by Gasteiger charge is -2.17. The SMILES string of the molecule is c1ccc(CCCNc2nccc(N3Cc4ccccc4C3)n2)nc1. The maximum Gasteiger partial charge on any atom is 0.224 e. The third-order valence-electron chi connectivity index (χ3n) is 4.42. The molecule has 0 radical (unpaired) electrons. The molecule has 0 fully saturated rings. The number of nitrogens with one attached hydrogen (secondary N) is 1.